The second kappa shape index (κ2) is 11.8. The highest BCUT2D eigenvalue weighted by molar-refractivity contribution is 5.91. The Morgan fingerprint density at radius 3 is 2.29 bits per heavy atom. The number of nitrogens with one attached hydrogen (secondary N) is 2. The molecule has 0 aliphatic rings. The number of carbonyl (C=O) groups excluding carboxylic acids is 2. The van der Waals surface area contributed by atoms with E-state index < -0.39 is 34.8 Å². The molecular formula is C26H38N4O4. The largest absolute Gasteiger partial charge is 0.481 e. The van der Waals surface area contributed by atoms with Crippen molar-refractivity contribution in [1.82, 2.24) is 15.5 Å². The van der Waals surface area contributed by atoms with Crippen LogP contribution in [0.3, 0.4) is 0 Å². The summed E-state index contributed by atoms with van der Waals surface area (Å²) >= 11 is 0. The number of rotatable bonds is 10. The standard InChI is InChI=1S/C26H38N4O4/c1-17(24(33)34)11-10-14-30(8)23(32)21(25(2,3)4)29-22(31)20(28-7)26(5,6)19-13-9-12-18(15-19)16-27/h9-13,15,17,20-21,28H,14H2,1-8H3,(H,29,31)(H,33,34). The van der Waals surface area contributed by atoms with E-state index >= 15 is 0 Å². The number of carboxylic acid groups (broad SMARTS) is 1. The van der Waals surface area contributed by atoms with E-state index in [1.165, 1.54) is 11.0 Å². The molecule has 1 aromatic carbocycles. The van der Waals surface area contributed by atoms with Gasteiger partial charge in [0.15, 0.2) is 0 Å². The fraction of sp³-hybridized carbons (Fsp3) is 0.538. The predicted octanol–water partition coefficient (Wildman–Crippen LogP) is 2.69. The fourth-order valence-electron chi connectivity index (χ4n) is 3.67. The van der Waals surface area contributed by atoms with Crippen LogP contribution < -0.4 is 10.6 Å². The average Bonchev–Trinajstić information content (AvgIpc) is 2.76. The average molecular weight is 471 g/mol. The number of amides is 2. The van der Waals surface area contributed by atoms with Gasteiger partial charge in [0, 0.05) is 19.0 Å². The van der Waals surface area contributed by atoms with Gasteiger partial charge in [-0.15, -0.1) is 0 Å². The Balaban J connectivity index is 3.12. The van der Waals surface area contributed by atoms with Gasteiger partial charge in [-0.2, -0.15) is 5.26 Å². The molecule has 0 aliphatic heterocycles. The smallest absolute Gasteiger partial charge is 0.310 e. The van der Waals surface area contributed by atoms with Crippen molar-refractivity contribution < 1.29 is 19.5 Å². The molecule has 0 heterocycles. The van der Waals surface area contributed by atoms with Gasteiger partial charge in [-0.05, 0) is 37.1 Å². The lowest BCUT2D eigenvalue weighted by atomic mass is 9.76. The molecule has 0 radical (unpaired) electrons. The summed E-state index contributed by atoms with van der Waals surface area (Å²) in [4.78, 5) is 39.1. The summed E-state index contributed by atoms with van der Waals surface area (Å²) in [6.45, 7) is 11.2. The van der Waals surface area contributed by atoms with Gasteiger partial charge in [-0.3, -0.25) is 14.4 Å². The lowest BCUT2D eigenvalue weighted by molar-refractivity contribution is -0.139. The van der Waals surface area contributed by atoms with Crippen molar-refractivity contribution in [2.24, 2.45) is 11.3 Å². The molecule has 0 aromatic heterocycles. The van der Waals surface area contributed by atoms with Crippen molar-refractivity contribution in [3.63, 3.8) is 0 Å². The molecule has 1 aromatic rings. The second-order valence-electron chi connectivity index (χ2n) is 10.2. The van der Waals surface area contributed by atoms with Crippen LogP contribution in [0.2, 0.25) is 0 Å². The third-order valence-electron chi connectivity index (χ3n) is 5.98. The highest BCUT2D eigenvalue weighted by Crippen LogP contribution is 2.29. The number of hydrogen-bond acceptors (Lipinski definition) is 5. The molecule has 0 aliphatic carbocycles. The third-order valence-corrected chi connectivity index (χ3v) is 5.98. The van der Waals surface area contributed by atoms with Crippen molar-refractivity contribution in [2.45, 2.75) is 59.0 Å². The predicted molar refractivity (Wildman–Crippen MR) is 132 cm³/mol. The number of carboxylic acids is 1. The summed E-state index contributed by atoms with van der Waals surface area (Å²) < 4.78 is 0. The van der Waals surface area contributed by atoms with Crippen LogP contribution in [0.15, 0.2) is 36.4 Å². The van der Waals surface area contributed by atoms with E-state index in [2.05, 4.69) is 16.7 Å². The molecule has 3 atom stereocenters. The van der Waals surface area contributed by atoms with E-state index in [4.69, 9.17) is 5.11 Å². The summed E-state index contributed by atoms with van der Waals surface area (Å²) in [5, 5.41) is 24.3. The summed E-state index contributed by atoms with van der Waals surface area (Å²) in [6.07, 6.45) is 3.17. The van der Waals surface area contributed by atoms with Gasteiger partial charge in [0.1, 0.15) is 6.04 Å². The van der Waals surface area contributed by atoms with Crippen LogP contribution in [-0.2, 0) is 19.8 Å². The second-order valence-corrected chi connectivity index (χ2v) is 10.2. The molecule has 2 amide bonds. The zero-order valence-corrected chi connectivity index (χ0v) is 21.5. The molecule has 0 saturated heterocycles. The molecule has 0 bridgehead atoms. The molecular weight excluding hydrogens is 432 g/mol. The Bertz CT molecular complexity index is 956. The lowest BCUT2D eigenvalue weighted by Crippen LogP contribution is -2.60. The molecule has 1 rings (SSSR count). The van der Waals surface area contributed by atoms with E-state index in [1.54, 1.807) is 45.3 Å². The summed E-state index contributed by atoms with van der Waals surface area (Å²) in [5.74, 6) is -2.19. The highest BCUT2D eigenvalue weighted by atomic mass is 16.4. The monoisotopic (exact) mass is 470 g/mol. The quantitative estimate of drug-likeness (QED) is 0.452. The van der Waals surface area contributed by atoms with Crippen molar-refractivity contribution in [3.05, 3.63) is 47.5 Å². The van der Waals surface area contributed by atoms with Gasteiger partial charge >= 0.3 is 5.97 Å². The molecule has 0 spiro atoms. The van der Waals surface area contributed by atoms with Gasteiger partial charge in [-0.25, -0.2) is 0 Å². The van der Waals surface area contributed by atoms with Crippen molar-refractivity contribution in [1.29, 1.82) is 5.26 Å². The first-order chi connectivity index (χ1) is 15.7. The topological polar surface area (TPSA) is 123 Å². The fourth-order valence-corrected chi connectivity index (χ4v) is 3.67. The number of benzene rings is 1. The molecule has 8 nitrogen and oxygen atoms in total. The first-order valence-corrected chi connectivity index (χ1v) is 11.3. The SMILES string of the molecule is CNC(C(=O)NC(C(=O)N(C)CC=CC(C)C(=O)O)C(C)(C)C)C(C)(C)c1cccc(C#N)c1. The highest BCUT2D eigenvalue weighted by Gasteiger charge is 2.40. The summed E-state index contributed by atoms with van der Waals surface area (Å²) in [6, 6.07) is 7.80. The van der Waals surface area contributed by atoms with Crippen LogP contribution >= 0.6 is 0 Å². The number of likely N-dealkylation sites (N-methyl/N-ethyl adjacent to an activating group) is 2. The Morgan fingerprint density at radius 2 is 1.79 bits per heavy atom. The zero-order valence-electron chi connectivity index (χ0n) is 21.5. The third kappa shape index (κ3) is 7.42. The molecule has 186 valence electrons. The van der Waals surface area contributed by atoms with E-state index in [-0.39, 0.29) is 18.4 Å². The first-order valence-electron chi connectivity index (χ1n) is 11.3. The van der Waals surface area contributed by atoms with E-state index in [1.807, 2.05) is 40.7 Å². The van der Waals surface area contributed by atoms with E-state index in [0.717, 1.165) is 5.56 Å². The van der Waals surface area contributed by atoms with Crippen LogP contribution in [0.25, 0.3) is 0 Å². The number of carbonyl (C=O) groups is 3. The first kappa shape index (κ1) is 28.9. The molecule has 3 unspecified atom stereocenters. The van der Waals surface area contributed by atoms with E-state index in [9.17, 15) is 19.6 Å². The Morgan fingerprint density at radius 1 is 1.18 bits per heavy atom. The molecule has 34 heavy (non-hydrogen) atoms. The minimum atomic E-state index is -0.939. The van der Waals surface area contributed by atoms with Crippen molar-refractivity contribution in [2.75, 3.05) is 20.6 Å². The summed E-state index contributed by atoms with van der Waals surface area (Å²) in [5.41, 5.74) is 0.103. The van der Waals surface area contributed by atoms with Gasteiger partial charge in [-0.1, -0.05) is 58.9 Å². The van der Waals surface area contributed by atoms with E-state index in [0.29, 0.717) is 5.56 Å². The minimum absolute atomic E-state index is 0.223. The molecule has 3 N–H and O–H groups in total. The normalized spacial score (nSPS) is 14.7. The lowest BCUT2D eigenvalue weighted by Gasteiger charge is -2.38. The van der Waals surface area contributed by atoms with Crippen LogP contribution in [0.5, 0.6) is 0 Å². The van der Waals surface area contributed by atoms with Crippen LogP contribution in [0, 0.1) is 22.7 Å². The van der Waals surface area contributed by atoms with Gasteiger partial charge in [0.2, 0.25) is 11.8 Å². The minimum Gasteiger partial charge on any atom is -0.481 e. The van der Waals surface area contributed by atoms with Crippen molar-refractivity contribution >= 4 is 17.8 Å². The van der Waals surface area contributed by atoms with Gasteiger partial charge in [0.05, 0.1) is 23.6 Å². The maximum atomic E-state index is 13.4. The Hall–Kier alpha value is -3.18. The molecule has 8 heteroatoms. The van der Waals surface area contributed by atoms with Crippen molar-refractivity contribution in [3.8, 4) is 6.07 Å². The van der Waals surface area contributed by atoms with Gasteiger partial charge < -0.3 is 20.6 Å². The van der Waals surface area contributed by atoms with Gasteiger partial charge in [0.25, 0.3) is 0 Å². The number of aliphatic carboxylic acids is 1. The maximum Gasteiger partial charge on any atom is 0.310 e. The van der Waals surface area contributed by atoms with Crippen LogP contribution in [-0.4, -0.2) is 60.5 Å². The Labute approximate surface area is 203 Å². The van der Waals surface area contributed by atoms with Crippen LogP contribution in [0.1, 0.15) is 52.7 Å². The zero-order chi connectivity index (χ0) is 26.3. The Kier molecular flexibility index (Phi) is 10.0. The summed E-state index contributed by atoms with van der Waals surface area (Å²) in [7, 11) is 3.31. The number of hydrogen-bond donors (Lipinski definition) is 3. The molecule has 0 saturated carbocycles. The number of nitrogens with zero attached hydrogens (tertiary/aromatic N) is 2. The number of nitriles is 1. The molecule has 0 fully saturated rings. The maximum absolute atomic E-state index is 13.4. The van der Waals surface area contributed by atoms with Crippen LogP contribution in [0.4, 0.5) is 0 Å².